The first-order valence-electron chi connectivity index (χ1n) is 7.26. The molecule has 2 nitrogen and oxygen atoms in total. The Kier molecular flexibility index (Phi) is 5.14. The van der Waals surface area contributed by atoms with Gasteiger partial charge in [0, 0.05) is 17.6 Å². The predicted molar refractivity (Wildman–Crippen MR) is 87.3 cm³/mol. The van der Waals surface area contributed by atoms with E-state index in [0.717, 1.165) is 30.4 Å². The third-order valence-corrected chi connectivity index (χ3v) is 6.09. The molecule has 0 radical (unpaired) electrons. The highest BCUT2D eigenvalue weighted by Gasteiger charge is 2.33. The number of carbonyl (C=O) groups excluding carboxylic acids is 1. The minimum atomic E-state index is 0.0529. The highest BCUT2D eigenvalue weighted by atomic mass is 79.9. The van der Waals surface area contributed by atoms with Crippen LogP contribution in [0.3, 0.4) is 0 Å². The zero-order chi connectivity index (χ0) is 14.8. The molecule has 0 N–H and O–H groups in total. The second-order valence-electron chi connectivity index (χ2n) is 5.60. The molecule has 1 aromatic rings. The lowest BCUT2D eigenvalue weighted by Crippen LogP contribution is -2.42. The Balaban J connectivity index is 2.11. The molecule has 0 aliphatic carbocycles. The first-order chi connectivity index (χ1) is 9.53. The zero-order valence-corrected chi connectivity index (χ0v) is 14.4. The van der Waals surface area contributed by atoms with Gasteiger partial charge in [0.05, 0.1) is 10.6 Å². The number of hydrogen-bond donors (Lipinski definition) is 0. The van der Waals surface area contributed by atoms with Crippen molar-refractivity contribution in [2.24, 2.45) is 5.41 Å². The van der Waals surface area contributed by atoms with Crippen LogP contribution in [0.5, 0.6) is 0 Å². The maximum absolute atomic E-state index is 12.6. The molecule has 1 aromatic carbocycles. The first-order valence-corrected chi connectivity index (χ1v) is 8.43. The van der Waals surface area contributed by atoms with E-state index in [0.29, 0.717) is 16.0 Å². The molecule has 0 saturated carbocycles. The van der Waals surface area contributed by atoms with Gasteiger partial charge in [-0.05, 0) is 46.3 Å². The molecule has 20 heavy (non-hydrogen) atoms. The van der Waals surface area contributed by atoms with Crippen molar-refractivity contribution in [3.05, 3.63) is 33.3 Å². The molecule has 0 bridgehead atoms. The van der Waals surface area contributed by atoms with Crippen LogP contribution in [-0.2, 0) is 0 Å². The molecule has 1 fully saturated rings. The number of hydrogen-bond acceptors (Lipinski definition) is 1. The topological polar surface area (TPSA) is 20.3 Å². The summed E-state index contributed by atoms with van der Waals surface area (Å²) < 4.78 is 0.776. The average Bonchev–Trinajstić information content (AvgIpc) is 2.49. The second kappa shape index (κ2) is 6.48. The Morgan fingerprint density at radius 3 is 2.45 bits per heavy atom. The van der Waals surface area contributed by atoms with Crippen molar-refractivity contribution >= 4 is 33.4 Å². The Hall–Kier alpha value is -0.540. The van der Waals surface area contributed by atoms with Crippen LogP contribution < -0.4 is 0 Å². The summed E-state index contributed by atoms with van der Waals surface area (Å²) in [4.78, 5) is 14.5. The van der Waals surface area contributed by atoms with Gasteiger partial charge < -0.3 is 4.90 Å². The van der Waals surface area contributed by atoms with Crippen LogP contribution in [0.4, 0.5) is 0 Å². The third-order valence-electron chi connectivity index (χ3n) is 4.79. The summed E-state index contributed by atoms with van der Waals surface area (Å²) in [7, 11) is 0. The first kappa shape index (κ1) is 15.8. The molecule has 1 aliphatic heterocycles. The van der Waals surface area contributed by atoms with E-state index >= 15 is 0 Å². The van der Waals surface area contributed by atoms with Gasteiger partial charge in [-0.15, -0.1) is 0 Å². The number of nitrogens with zero attached hydrogens (tertiary/aromatic N) is 1. The van der Waals surface area contributed by atoms with E-state index in [4.69, 9.17) is 11.6 Å². The van der Waals surface area contributed by atoms with Crippen LogP contribution in [-0.4, -0.2) is 23.9 Å². The fraction of sp³-hybridized carbons (Fsp3) is 0.562. The maximum atomic E-state index is 12.6. The van der Waals surface area contributed by atoms with Gasteiger partial charge in [0.1, 0.15) is 0 Å². The van der Waals surface area contributed by atoms with Gasteiger partial charge in [-0.3, -0.25) is 4.79 Å². The average molecular weight is 359 g/mol. The summed E-state index contributed by atoms with van der Waals surface area (Å²) in [6.45, 7) is 6.19. The molecule has 0 atom stereocenters. The Morgan fingerprint density at radius 2 is 1.90 bits per heavy atom. The quantitative estimate of drug-likeness (QED) is 0.732. The van der Waals surface area contributed by atoms with E-state index in [-0.39, 0.29) is 5.91 Å². The standard InChI is InChI=1S/C16H21BrClNO/c1-3-16(4-2)8-10-19(11-9-16)15(20)12-6-5-7-13(17)14(12)18/h5-7H,3-4,8-11H2,1-2H3. The molecule has 0 aromatic heterocycles. The van der Waals surface area contributed by atoms with Crippen molar-refractivity contribution in [1.29, 1.82) is 0 Å². The number of likely N-dealkylation sites (tertiary alicyclic amines) is 1. The van der Waals surface area contributed by atoms with E-state index in [1.165, 1.54) is 12.8 Å². The van der Waals surface area contributed by atoms with Crippen molar-refractivity contribution < 1.29 is 4.79 Å². The largest absolute Gasteiger partial charge is 0.339 e. The van der Waals surface area contributed by atoms with E-state index in [9.17, 15) is 4.79 Å². The van der Waals surface area contributed by atoms with Crippen LogP contribution >= 0.6 is 27.5 Å². The molecular weight excluding hydrogens is 338 g/mol. The van der Waals surface area contributed by atoms with Crippen molar-refractivity contribution in [2.75, 3.05) is 13.1 Å². The molecule has 1 amide bonds. The lowest BCUT2D eigenvalue weighted by Gasteiger charge is -2.41. The molecule has 4 heteroatoms. The van der Waals surface area contributed by atoms with Gasteiger partial charge in [0.2, 0.25) is 0 Å². The summed E-state index contributed by atoms with van der Waals surface area (Å²) in [6.07, 6.45) is 4.58. The van der Waals surface area contributed by atoms with E-state index in [1.807, 2.05) is 17.0 Å². The summed E-state index contributed by atoms with van der Waals surface area (Å²) >= 11 is 9.60. The Morgan fingerprint density at radius 1 is 1.30 bits per heavy atom. The van der Waals surface area contributed by atoms with Crippen molar-refractivity contribution in [3.63, 3.8) is 0 Å². The van der Waals surface area contributed by atoms with Gasteiger partial charge in [-0.1, -0.05) is 44.4 Å². The van der Waals surface area contributed by atoms with Gasteiger partial charge in [0.15, 0.2) is 0 Å². The normalized spacial score (nSPS) is 18.1. The van der Waals surface area contributed by atoms with Crippen LogP contribution in [0.25, 0.3) is 0 Å². The summed E-state index contributed by atoms with van der Waals surface area (Å²) in [5.74, 6) is 0.0529. The molecule has 2 rings (SSSR count). The fourth-order valence-electron chi connectivity index (χ4n) is 2.98. The molecule has 1 aliphatic rings. The molecule has 0 spiro atoms. The lowest BCUT2D eigenvalue weighted by atomic mass is 9.74. The third kappa shape index (κ3) is 3.04. The Labute approximate surface area is 134 Å². The van der Waals surface area contributed by atoms with E-state index < -0.39 is 0 Å². The van der Waals surface area contributed by atoms with Gasteiger partial charge in [-0.25, -0.2) is 0 Å². The van der Waals surface area contributed by atoms with Crippen molar-refractivity contribution in [2.45, 2.75) is 39.5 Å². The number of piperidine rings is 1. The van der Waals surface area contributed by atoms with E-state index in [2.05, 4.69) is 29.8 Å². The zero-order valence-electron chi connectivity index (χ0n) is 12.1. The smallest absolute Gasteiger partial charge is 0.255 e. The van der Waals surface area contributed by atoms with Crippen LogP contribution in [0.15, 0.2) is 22.7 Å². The van der Waals surface area contributed by atoms with Gasteiger partial charge >= 0.3 is 0 Å². The number of benzene rings is 1. The molecule has 1 saturated heterocycles. The number of carbonyl (C=O) groups is 1. The van der Waals surface area contributed by atoms with Gasteiger partial charge in [0.25, 0.3) is 5.91 Å². The van der Waals surface area contributed by atoms with Gasteiger partial charge in [-0.2, -0.15) is 0 Å². The minimum Gasteiger partial charge on any atom is -0.339 e. The number of amides is 1. The SMILES string of the molecule is CCC1(CC)CCN(C(=O)c2cccc(Br)c2Cl)CC1. The summed E-state index contributed by atoms with van der Waals surface area (Å²) in [6, 6.07) is 5.51. The molecular formula is C16H21BrClNO. The molecule has 1 heterocycles. The van der Waals surface area contributed by atoms with Crippen molar-refractivity contribution in [3.8, 4) is 0 Å². The summed E-state index contributed by atoms with van der Waals surface area (Å²) in [5.41, 5.74) is 1.03. The second-order valence-corrected chi connectivity index (χ2v) is 6.83. The fourth-order valence-corrected chi connectivity index (χ4v) is 3.55. The van der Waals surface area contributed by atoms with Crippen LogP contribution in [0.1, 0.15) is 49.9 Å². The highest BCUT2D eigenvalue weighted by Crippen LogP contribution is 2.38. The van der Waals surface area contributed by atoms with E-state index in [1.54, 1.807) is 6.07 Å². The number of halogens is 2. The summed E-state index contributed by atoms with van der Waals surface area (Å²) in [5, 5.41) is 0.514. The van der Waals surface area contributed by atoms with Crippen molar-refractivity contribution in [1.82, 2.24) is 4.90 Å². The van der Waals surface area contributed by atoms with Crippen LogP contribution in [0, 0.1) is 5.41 Å². The minimum absolute atomic E-state index is 0.0529. The molecule has 110 valence electrons. The maximum Gasteiger partial charge on any atom is 0.255 e. The predicted octanol–water partition coefficient (Wildman–Crippen LogP) is 5.14. The highest BCUT2D eigenvalue weighted by molar-refractivity contribution is 9.10. The Bertz CT molecular complexity index is 489. The monoisotopic (exact) mass is 357 g/mol. The van der Waals surface area contributed by atoms with Crippen LogP contribution in [0.2, 0.25) is 5.02 Å². The molecule has 0 unspecified atom stereocenters. The number of rotatable bonds is 3. The lowest BCUT2D eigenvalue weighted by molar-refractivity contribution is 0.0558.